The minimum Gasteiger partial charge on any atom is -0.408 e. The lowest BCUT2D eigenvalue weighted by Gasteiger charge is -2.03. The van der Waals surface area contributed by atoms with Crippen molar-refractivity contribution in [3.05, 3.63) is 77.0 Å². The molecule has 7 heteroatoms. The van der Waals surface area contributed by atoms with Crippen molar-refractivity contribution < 1.29 is 9.21 Å². The third kappa shape index (κ3) is 2.58. The number of anilines is 1. The van der Waals surface area contributed by atoms with E-state index in [2.05, 4.69) is 15.4 Å². The highest BCUT2D eigenvalue weighted by Crippen LogP contribution is 2.17. The summed E-state index contributed by atoms with van der Waals surface area (Å²) in [5, 5.41) is 7.02. The van der Waals surface area contributed by atoms with Gasteiger partial charge in [0, 0.05) is 11.9 Å². The van der Waals surface area contributed by atoms with Gasteiger partial charge in [-0.3, -0.25) is 9.78 Å². The summed E-state index contributed by atoms with van der Waals surface area (Å²) in [7, 11) is 0. The normalized spacial score (nSPS) is 10.8. The smallest absolute Gasteiger partial charge is 0.408 e. The Balaban J connectivity index is 1.57. The van der Waals surface area contributed by atoms with E-state index < -0.39 is 5.76 Å². The highest BCUT2D eigenvalue weighted by molar-refractivity contribution is 6.03. The molecule has 0 aliphatic rings. The average Bonchev–Trinajstić information content (AvgIpc) is 3.21. The van der Waals surface area contributed by atoms with Crippen LogP contribution in [0.2, 0.25) is 0 Å². The van der Waals surface area contributed by atoms with Gasteiger partial charge in [0.15, 0.2) is 11.3 Å². The fourth-order valence-electron chi connectivity index (χ4n) is 2.39. The summed E-state index contributed by atoms with van der Waals surface area (Å²) in [5.74, 6) is -0.870. The van der Waals surface area contributed by atoms with Crippen molar-refractivity contribution in [2.24, 2.45) is 0 Å². The SMILES string of the molecule is O=C(Nc1ccc2oc(=O)[nH]c2c1)c1ccn(-c2ccccc2)n1. The summed E-state index contributed by atoms with van der Waals surface area (Å²) in [4.78, 5) is 26.0. The van der Waals surface area contributed by atoms with E-state index in [1.54, 1.807) is 35.1 Å². The molecule has 0 atom stereocenters. The monoisotopic (exact) mass is 320 g/mol. The minimum atomic E-state index is -0.532. The van der Waals surface area contributed by atoms with E-state index >= 15 is 0 Å². The molecule has 0 aliphatic carbocycles. The van der Waals surface area contributed by atoms with Crippen LogP contribution in [0.5, 0.6) is 0 Å². The fourth-order valence-corrected chi connectivity index (χ4v) is 2.39. The second-order valence-electron chi connectivity index (χ2n) is 5.16. The van der Waals surface area contributed by atoms with Gasteiger partial charge in [-0.05, 0) is 36.4 Å². The third-order valence-corrected chi connectivity index (χ3v) is 3.52. The Hall–Kier alpha value is -3.61. The molecule has 0 unspecified atom stereocenters. The Morgan fingerprint density at radius 2 is 1.96 bits per heavy atom. The summed E-state index contributed by atoms with van der Waals surface area (Å²) in [5.41, 5.74) is 2.66. The Bertz CT molecular complexity index is 1080. The van der Waals surface area contributed by atoms with Gasteiger partial charge in [-0.2, -0.15) is 5.10 Å². The van der Waals surface area contributed by atoms with Crippen LogP contribution >= 0.6 is 0 Å². The zero-order valence-corrected chi connectivity index (χ0v) is 12.4. The molecular formula is C17H12N4O3. The van der Waals surface area contributed by atoms with Crippen LogP contribution in [0.3, 0.4) is 0 Å². The van der Waals surface area contributed by atoms with Crippen LogP contribution in [0.4, 0.5) is 5.69 Å². The number of hydrogen-bond acceptors (Lipinski definition) is 4. The lowest BCUT2D eigenvalue weighted by Crippen LogP contribution is -2.13. The van der Waals surface area contributed by atoms with E-state index in [1.165, 1.54) is 0 Å². The molecule has 0 aliphatic heterocycles. The molecule has 2 heterocycles. The maximum atomic E-state index is 12.3. The molecule has 0 saturated carbocycles. The number of nitrogens with zero attached hydrogens (tertiary/aromatic N) is 2. The molecule has 0 bridgehead atoms. The number of amides is 1. The van der Waals surface area contributed by atoms with Gasteiger partial charge in [-0.15, -0.1) is 0 Å². The number of carbonyl (C=O) groups is 1. The van der Waals surface area contributed by atoms with E-state index in [1.807, 2.05) is 30.3 Å². The maximum Gasteiger partial charge on any atom is 0.417 e. The molecular weight excluding hydrogens is 308 g/mol. The van der Waals surface area contributed by atoms with Crippen LogP contribution in [0.25, 0.3) is 16.8 Å². The van der Waals surface area contributed by atoms with Gasteiger partial charge >= 0.3 is 5.76 Å². The molecule has 0 radical (unpaired) electrons. The van der Waals surface area contributed by atoms with Crippen LogP contribution < -0.4 is 11.1 Å². The van der Waals surface area contributed by atoms with Gasteiger partial charge in [0.05, 0.1) is 11.2 Å². The van der Waals surface area contributed by atoms with E-state index in [-0.39, 0.29) is 5.91 Å². The van der Waals surface area contributed by atoms with Crippen LogP contribution in [0.15, 0.2) is 70.0 Å². The number of oxazole rings is 1. The predicted octanol–water partition coefficient (Wildman–Crippen LogP) is 2.56. The molecule has 2 N–H and O–H groups in total. The number of hydrogen-bond donors (Lipinski definition) is 2. The predicted molar refractivity (Wildman–Crippen MR) is 88.4 cm³/mol. The Morgan fingerprint density at radius 3 is 2.79 bits per heavy atom. The lowest BCUT2D eigenvalue weighted by atomic mass is 10.2. The van der Waals surface area contributed by atoms with E-state index in [9.17, 15) is 9.59 Å². The van der Waals surface area contributed by atoms with E-state index in [4.69, 9.17) is 4.42 Å². The first-order valence-corrected chi connectivity index (χ1v) is 7.24. The van der Waals surface area contributed by atoms with Crippen LogP contribution in [0, 0.1) is 0 Å². The molecule has 4 aromatic rings. The van der Waals surface area contributed by atoms with Gasteiger partial charge in [0.2, 0.25) is 0 Å². The number of benzene rings is 2. The van der Waals surface area contributed by atoms with Crippen LogP contribution in [-0.2, 0) is 0 Å². The topological polar surface area (TPSA) is 92.9 Å². The van der Waals surface area contributed by atoms with Crippen LogP contribution in [-0.4, -0.2) is 20.7 Å². The standard InChI is InChI=1S/C17H12N4O3/c22-16(13-8-9-21(20-13)12-4-2-1-3-5-12)18-11-6-7-15-14(10-11)19-17(23)24-15/h1-10H,(H,18,22)(H,19,23). The first kappa shape index (κ1) is 14.0. The van der Waals surface area contributed by atoms with Crippen molar-refractivity contribution >= 4 is 22.7 Å². The first-order chi connectivity index (χ1) is 11.7. The summed E-state index contributed by atoms with van der Waals surface area (Å²) in [6, 6.07) is 16.1. The average molecular weight is 320 g/mol. The number of fused-ring (bicyclic) bond motifs is 1. The molecule has 0 spiro atoms. The molecule has 118 valence electrons. The number of nitrogens with one attached hydrogen (secondary N) is 2. The summed E-state index contributed by atoms with van der Waals surface area (Å²) in [6.45, 7) is 0. The third-order valence-electron chi connectivity index (χ3n) is 3.52. The summed E-state index contributed by atoms with van der Waals surface area (Å²) >= 11 is 0. The second-order valence-corrected chi connectivity index (χ2v) is 5.16. The van der Waals surface area contributed by atoms with Crippen molar-refractivity contribution in [1.29, 1.82) is 0 Å². The summed E-state index contributed by atoms with van der Waals surface area (Å²) < 4.78 is 6.56. The highest BCUT2D eigenvalue weighted by Gasteiger charge is 2.11. The highest BCUT2D eigenvalue weighted by atomic mass is 16.4. The molecule has 24 heavy (non-hydrogen) atoms. The van der Waals surface area contributed by atoms with Gasteiger partial charge in [0.25, 0.3) is 5.91 Å². The zero-order chi connectivity index (χ0) is 16.5. The van der Waals surface area contributed by atoms with Gasteiger partial charge in [-0.25, -0.2) is 9.48 Å². The maximum absolute atomic E-state index is 12.3. The first-order valence-electron chi connectivity index (χ1n) is 7.24. The quantitative estimate of drug-likeness (QED) is 0.607. The molecule has 0 fully saturated rings. The Labute approximate surface area is 135 Å². The Morgan fingerprint density at radius 1 is 1.12 bits per heavy atom. The largest absolute Gasteiger partial charge is 0.417 e. The number of carbonyl (C=O) groups excluding carboxylic acids is 1. The van der Waals surface area contributed by atoms with Crippen molar-refractivity contribution in [3.8, 4) is 5.69 Å². The zero-order valence-electron chi connectivity index (χ0n) is 12.4. The number of rotatable bonds is 3. The van der Waals surface area contributed by atoms with Crippen molar-refractivity contribution in [2.45, 2.75) is 0 Å². The minimum absolute atomic E-state index is 0.291. The van der Waals surface area contributed by atoms with Crippen molar-refractivity contribution in [2.75, 3.05) is 5.32 Å². The van der Waals surface area contributed by atoms with Gasteiger partial charge in [-0.1, -0.05) is 18.2 Å². The van der Waals surface area contributed by atoms with Crippen molar-refractivity contribution in [1.82, 2.24) is 14.8 Å². The molecule has 1 amide bonds. The Kier molecular flexibility index (Phi) is 3.24. The second kappa shape index (κ2) is 5.54. The van der Waals surface area contributed by atoms with E-state index in [0.29, 0.717) is 22.5 Å². The van der Waals surface area contributed by atoms with Crippen molar-refractivity contribution in [3.63, 3.8) is 0 Å². The number of H-pyrrole nitrogens is 1. The van der Waals surface area contributed by atoms with Crippen LogP contribution in [0.1, 0.15) is 10.5 Å². The molecule has 2 aromatic carbocycles. The molecule has 0 saturated heterocycles. The fraction of sp³-hybridized carbons (Fsp3) is 0. The van der Waals surface area contributed by atoms with Gasteiger partial charge < -0.3 is 9.73 Å². The summed E-state index contributed by atoms with van der Waals surface area (Å²) in [6.07, 6.45) is 1.72. The molecule has 7 nitrogen and oxygen atoms in total. The van der Waals surface area contributed by atoms with E-state index in [0.717, 1.165) is 5.69 Å². The lowest BCUT2D eigenvalue weighted by molar-refractivity contribution is 0.102. The number of aromatic nitrogens is 3. The molecule has 2 aromatic heterocycles. The molecule has 4 rings (SSSR count). The number of aromatic amines is 1. The number of para-hydroxylation sites is 1. The van der Waals surface area contributed by atoms with Gasteiger partial charge in [0.1, 0.15) is 0 Å².